The molecule has 0 bridgehead atoms. The molecule has 2 rings (SSSR count). The minimum atomic E-state index is 0.516. The zero-order valence-electron chi connectivity index (χ0n) is 15.2. The van der Waals surface area contributed by atoms with Gasteiger partial charge in [0.05, 0.1) is 6.61 Å². The van der Waals surface area contributed by atoms with Crippen LogP contribution in [0, 0.1) is 0 Å². The quantitative estimate of drug-likeness (QED) is 0.176. The highest BCUT2D eigenvalue weighted by Gasteiger charge is 2.06. The molecule has 0 heterocycles. The van der Waals surface area contributed by atoms with Gasteiger partial charge in [-0.1, -0.05) is 42.4 Å². The Kier molecular flexibility index (Phi) is 8.24. The molecule has 0 aromatic heterocycles. The first-order valence-electron chi connectivity index (χ1n) is 9.08. The molecule has 0 atom stereocenters. The van der Waals surface area contributed by atoms with Gasteiger partial charge in [0.25, 0.3) is 0 Å². The van der Waals surface area contributed by atoms with Crippen LogP contribution in [0.5, 0.6) is 5.75 Å². The summed E-state index contributed by atoms with van der Waals surface area (Å²) in [4.78, 5) is 13.2. The Morgan fingerprint density at radius 3 is 2.65 bits per heavy atom. The summed E-state index contributed by atoms with van der Waals surface area (Å²) in [6, 6.07) is 14.6. The summed E-state index contributed by atoms with van der Waals surface area (Å²) in [5.74, 6) is 0.872. The fourth-order valence-corrected chi connectivity index (χ4v) is 2.83. The van der Waals surface area contributed by atoms with E-state index < -0.39 is 0 Å². The van der Waals surface area contributed by atoms with Gasteiger partial charge in [0, 0.05) is 17.9 Å². The molecule has 0 aliphatic heterocycles. The van der Waals surface area contributed by atoms with Crippen LogP contribution in [-0.2, 0) is 17.6 Å². The third kappa shape index (κ3) is 5.94. The Balaban J connectivity index is 2.01. The van der Waals surface area contributed by atoms with Gasteiger partial charge in [0.1, 0.15) is 12.0 Å². The lowest BCUT2D eigenvalue weighted by Crippen LogP contribution is -1.99. The van der Waals surface area contributed by atoms with E-state index in [1.54, 1.807) is 0 Å². The number of carbonyl (C=O) groups excluding carboxylic acids is 1. The molecule has 0 aliphatic carbocycles. The third-order valence-electron chi connectivity index (χ3n) is 4.26. The highest BCUT2D eigenvalue weighted by molar-refractivity contribution is 5.68. The van der Waals surface area contributed by atoms with E-state index in [9.17, 15) is 4.79 Å². The SMILES string of the molecule is CCc1cc(OCCCCN=[N+]=[N-])ccc1-c1ccc(CCC=O)cc1. The van der Waals surface area contributed by atoms with Crippen molar-refractivity contribution in [3.8, 4) is 16.9 Å². The number of carbonyl (C=O) groups is 1. The lowest BCUT2D eigenvalue weighted by Gasteiger charge is -2.12. The number of nitrogens with zero attached hydrogens (tertiary/aromatic N) is 3. The van der Waals surface area contributed by atoms with E-state index in [1.165, 1.54) is 22.3 Å². The maximum absolute atomic E-state index is 10.5. The van der Waals surface area contributed by atoms with Crippen LogP contribution in [0.25, 0.3) is 21.6 Å². The fraction of sp³-hybridized carbons (Fsp3) is 0.381. The number of aryl methyl sites for hydroxylation is 2. The first kappa shape index (κ1) is 19.5. The van der Waals surface area contributed by atoms with Crippen molar-refractivity contribution in [3.63, 3.8) is 0 Å². The number of aldehydes is 1. The zero-order chi connectivity index (χ0) is 18.6. The van der Waals surface area contributed by atoms with Gasteiger partial charge in [0.2, 0.25) is 0 Å². The molecular formula is C21H25N3O2. The van der Waals surface area contributed by atoms with E-state index in [1.807, 2.05) is 6.07 Å². The van der Waals surface area contributed by atoms with Crippen LogP contribution >= 0.6 is 0 Å². The van der Waals surface area contributed by atoms with Crippen molar-refractivity contribution in [2.24, 2.45) is 5.11 Å². The van der Waals surface area contributed by atoms with Gasteiger partial charge in [-0.25, -0.2) is 0 Å². The number of ether oxygens (including phenoxy) is 1. The lowest BCUT2D eigenvalue weighted by atomic mass is 9.96. The van der Waals surface area contributed by atoms with E-state index in [-0.39, 0.29) is 0 Å². The van der Waals surface area contributed by atoms with Gasteiger partial charge in [-0.2, -0.15) is 0 Å². The second-order valence-electron chi connectivity index (χ2n) is 6.08. The molecule has 26 heavy (non-hydrogen) atoms. The smallest absolute Gasteiger partial charge is 0.120 e. The molecule has 136 valence electrons. The summed E-state index contributed by atoms with van der Waals surface area (Å²) in [5.41, 5.74) is 13.1. The highest BCUT2D eigenvalue weighted by atomic mass is 16.5. The van der Waals surface area contributed by atoms with Crippen LogP contribution in [0.15, 0.2) is 47.6 Å². The standard InChI is InChI=1S/C21H25N3O2/c1-2-18-16-20(26-15-4-3-13-23-24-22)11-12-21(18)19-9-7-17(8-10-19)6-5-14-25/h7-12,14,16H,2-6,13,15H2,1H3. The molecule has 0 aliphatic rings. The van der Waals surface area contributed by atoms with Crippen molar-refractivity contribution in [1.82, 2.24) is 0 Å². The van der Waals surface area contributed by atoms with Crippen molar-refractivity contribution in [3.05, 3.63) is 64.0 Å². The second-order valence-corrected chi connectivity index (χ2v) is 6.08. The van der Waals surface area contributed by atoms with Crippen molar-refractivity contribution in [2.75, 3.05) is 13.2 Å². The monoisotopic (exact) mass is 351 g/mol. The van der Waals surface area contributed by atoms with Gasteiger partial charge in [-0.3, -0.25) is 0 Å². The van der Waals surface area contributed by atoms with Gasteiger partial charge in [-0.05, 0) is 65.6 Å². The van der Waals surface area contributed by atoms with Crippen LogP contribution in [0.4, 0.5) is 0 Å². The number of unbranched alkanes of at least 4 members (excludes halogenated alkanes) is 1. The van der Waals surface area contributed by atoms with E-state index >= 15 is 0 Å². The summed E-state index contributed by atoms with van der Waals surface area (Å²) >= 11 is 0. The van der Waals surface area contributed by atoms with Crippen LogP contribution < -0.4 is 4.74 Å². The summed E-state index contributed by atoms with van der Waals surface area (Å²) in [6.45, 7) is 3.28. The average Bonchev–Trinajstić information content (AvgIpc) is 2.69. The second kappa shape index (κ2) is 11.0. The minimum absolute atomic E-state index is 0.516. The average molecular weight is 351 g/mol. The zero-order valence-corrected chi connectivity index (χ0v) is 15.2. The van der Waals surface area contributed by atoms with Crippen LogP contribution in [0.3, 0.4) is 0 Å². The Morgan fingerprint density at radius 1 is 1.15 bits per heavy atom. The molecule has 2 aromatic carbocycles. The molecule has 5 nitrogen and oxygen atoms in total. The molecule has 2 aromatic rings. The summed E-state index contributed by atoms with van der Waals surface area (Å²) < 4.78 is 5.82. The molecule has 0 radical (unpaired) electrons. The summed E-state index contributed by atoms with van der Waals surface area (Å²) in [6.07, 6.45) is 4.93. The first-order valence-corrected chi connectivity index (χ1v) is 9.08. The van der Waals surface area contributed by atoms with Crippen molar-refractivity contribution in [2.45, 2.75) is 39.0 Å². The Morgan fingerprint density at radius 2 is 1.96 bits per heavy atom. The Bertz CT molecular complexity index is 750. The largest absolute Gasteiger partial charge is 0.494 e. The van der Waals surface area contributed by atoms with Crippen LogP contribution in [0.2, 0.25) is 0 Å². The van der Waals surface area contributed by atoms with Crippen molar-refractivity contribution in [1.29, 1.82) is 0 Å². The normalized spacial score (nSPS) is 10.2. The maximum atomic E-state index is 10.5. The first-order chi connectivity index (χ1) is 12.8. The van der Waals surface area contributed by atoms with Crippen LogP contribution in [-0.4, -0.2) is 19.4 Å². The number of azide groups is 1. The Hall–Kier alpha value is -2.78. The van der Waals surface area contributed by atoms with Gasteiger partial charge in [0.15, 0.2) is 0 Å². The molecule has 0 fully saturated rings. The van der Waals surface area contributed by atoms with E-state index in [0.717, 1.165) is 37.7 Å². The predicted molar refractivity (Wildman–Crippen MR) is 104 cm³/mol. The highest BCUT2D eigenvalue weighted by Crippen LogP contribution is 2.28. The summed E-state index contributed by atoms with van der Waals surface area (Å²) in [5, 5.41) is 3.52. The number of hydrogen-bond donors (Lipinski definition) is 0. The molecule has 0 saturated heterocycles. The summed E-state index contributed by atoms with van der Waals surface area (Å²) in [7, 11) is 0. The van der Waals surface area contributed by atoms with Gasteiger partial charge >= 0.3 is 0 Å². The van der Waals surface area contributed by atoms with E-state index in [0.29, 0.717) is 19.6 Å². The van der Waals surface area contributed by atoms with Crippen LogP contribution in [0.1, 0.15) is 37.3 Å². The molecule has 0 spiro atoms. The topological polar surface area (TPSA) is 75.1 Å². The molecule has 0 N–H and O–H groups in total. The molecule has 0 unspecified atom stereocenters. The molecule has 0 saturated carbocycles. The number of rotatable bonds is 11. The van der Waals surface area contributed by atoms with E-state index in [2.05, 4.69) is 53.3 Å². The predicted octanol–water partition coefficient (Wildman–Crippen LogP) is 5.52. The van der Waals surface area contributed by atoms with Gasteiger partial charge < -0.3 is 9.53 Å². The fourth-order valence-electron chi connectivity index (χ4n) is 2.83. The Labute approximate surface area is 154 Å². The third-order valence-corrected chi connectivity index (χ3v) is 4.26. The minimum Gasteiger partial charge on any atom is -0.494 e. The van der Waals surface area contributed by atoms with Gasteiger partial charge in [-0.15, -0.1) is 0 Å². The van der Waals surface area contributed by atoms with Crippen molar-refractivity contribution < 1.29 is 9.53 Å². The van der Waals surface area contributed by atoms with Crippen molar-refractivity contribution >= 4 is 6.29 Å². The number of benzene rings is 2. The molecule has 0 amide bonds. The molecular weight excluding hydrogens is 326 g/mol. The molecule has 5 heteroatoms. The maximum Gasteiger partial charge on any atom is 0.120 e. The lowest BCUT2D eigenvalue weighted by molar-refractivity contribution is -0.107. The van der Waals surface area contributed by atoms with E-state index in [4.69, 9.17) is 10.3 Å². The number of hydrogen-bond acceptors (Lipinski definition) is 3.